The number of methoxy groups -OCH3 is 1. The first kappa shape index (κ1) is 17.5. The SMILES string of the molecule is COc1cc2c(cc1NC(=O)CC(C)=NNC(C)=O)oc1ccccc12. The van der Waals surface area contributed by atoms with Crippen molar-refractivity contribution in [2.45, 2.75) is 20.3 Å². The Bertz CT molecular complexity index is 1020. The van der Waals surface area contributed by atoms with E-state index in [-0.39, 0.29) is 18.2 Å². The van der Waals surface area contributed by atoms with Gasteiger partial charge in [-0.25, -0.2) is 5.43 Å². The third-order valence-electron chi connectivity index (χ3n) is 3.79. The molecule has 3 aromatic rings. The smallest absolute Gasteiger partial charge is 0.236 e. The Morgan fingerprint density at radius 3 is 2.62 bits per heavy atom. The lowest BCUT2D eigenvalue weighted by Crippen LogP contribution is -2.19. The van der Waals surface area contributed by atoms with Gasteiger partial charge in [-0.05, 0) is 19.1 Å². The van der Waals surface area contributed by atoms with Crippen molar-refractivity contribution in [2.75, 3.05) is 12.4 Å². The van der Waals surface area contributed by atoms with Crippen molar-refractivity contribution in [1.82, 2.24) is 5.43 Å². The number of hydrazone groups is 1. The van der Waals surface area contributed by atoms with Crippen LogP contribution in [0.2, 0.25) is 0 Å². The zero-order chi connectivity index (χ0) is 18.7. The molecule has 0 fully saturated rings. The zero-order valence-electron chi connectivity index (χ0n) is 14.8. The van der Waals surface area contributed by atoms with Crippen LogP contribution >= 0.6 is 0 Å². The summed E-state index contributed by atoms with van der Waals surface area (Å²) in [6.45, 7) is 3.01. The van der Waals surface area contributed by atoms with Crippen molar-refractivity contribution in [3.05, 3.63) is 36.4 Å². The molecule has 0 aliphatic carbocycles. The number of hydrogen-bond acceptors (Lipinski definition) is 5. The second kappa shape index (κ2) is 7.26. The Morgan fingerprint density at radius 2 is 1.88 bits per heavy atom. The summed E-state index contributed by atoms with van der Waals surface area (Å²) in [4.78, 5) is 23.1. The number of carbonyl (C=O) groups excluding carboxylic acids is 2. The van der Waals surface area contributed by atoms with Crippen LogP contribution in [-0.2, 0) is 9.59 Å². The molecule has 0 spiro atoms. The molecule has 0 aliphatic rings. The largest absolute Gasteiger partial charge is 0.495 e. The highest BCUT2D eigenvalue weighted by molar-refractivity contribution is 6.10. The van der Waals surface area contributed by atoms with Crippen molar-refractivity contribution in [1.29, 1.82) is 0 Å². The van der Waals surface area contributed by atoms with E-state index in [9.17, 15) is 9.59 Å². The molecule has 0 saturated carbocycles. The number of amides is 2. The molecular formula is C19H19N3O4. The topological polar surface area (TPSA) is 92.9 Å². The number of rotatable bonds is 5. The van der Waals surface area contributed by atoms with Crippen LogP contribution in [0.25, 0.3) is 21.9 Å². The molecule has 134 valence electrons. The van der Waals surface area contributed by atoms with Crippen LogP contribution in [0.15, 0.2) is 45.9 Å². The normalized spacial score (nSPS) is 11.6. The average molecular weight is 353 g/mol. The molecule has 7 nitrogen and oxygen atoms in total. The summed E-state index contributed by atoms with van der Waals surface area (Å²) in [5.41, 5.74) is 4.73. The Kier molecular flexibility index (Phi) is 4.88. The molecule has 1 heterocycles. The first-order valence-corrected chi connectivity index (χ1v) is 8.07. The van der Waals surface area contributed by atoms with Gasteiger partial charge in [0.1, 0.15) is 16.9 Å². The summed E-state index contributed by atoms with van der Waals surface area (Å²) in [5.74, 6) is -0.0269. The summed E-state index contributed by atoms with van der Waals surface area (Å²) < 4.78 is 11.3. The quantitative estimate of drug-likeness (QED) is 0.543. The number of hydrogen-bond donors (Lipinski definition) is 2. The number of benzene rings is 2. The third kappa shape index (κ3) is 3.66. The average Bonchev–Trinajstić information content (AvgIpc) is 2.96. The van der Waals surface area contributed by atoms with Gasteiger partial charge in [-0.15, -0.1) is 0 Å². The van der Waals surface area contributed by atoms with E-state index in [2.05, 4.69) is 15.8 Å². The first-order chi connectivity index (χ1) is 12.5. The van der Waals surface area contributed by atoms with E-state index in [1.807, 2.05) is 30.3 Å². The molecule has 7 heteroatoms. The number of para-hydroxylation sites is 1. The Labute approximate surface area is 150 Å². The second-order valence-electron chi connectivity index (χ2n) is 5.89. The minimum Gasteiger partial charge on any atom is -0.495 e. The predicted molar refractivity (Wildman–Crippen MR) is 100 cm³/mol. The third-order valence-corrected chi connectivity index (χ3v) is 3.79. The molecule has 0 aliphatic heterocycles. The van der Waals surface area contributed by atoms with Gasteiger partial charge in [-0.2, -0.15) is 5.10 Å². The number of furan rings is 1. The lowest BCUT2D eigenvalue weighted by atomic mass is 10.1. The van der Waals surface area contributed by atoms with E-state index in [1.54, 1.807) is 20.1 Å². The number of carbonyl (C=O) groups is 2. The van der Waals surface area contributed by atoms with Crippen molar-refractivity contribution < 1.29 is 18.7 Å². The molecule has 0 atom stereocenters. The van der Waals surface area contributed by atoms with E-state index in [0.29, 0.717) is 22.7 Å². The van der Waals surface area contributed by atoms with Gasteiger partial charge >= 0.3 is 0 Å². The van der Waals surface area contributed by atoms with Gasteiger partial charge in [0.15, 0.2) is 0 Å². The molecule has 0 radical (unpaired) electrons. The second-order valence-corrected chi connectivity index (χ2v) is 5.89. The Balaban J connectivity index is 1.87. The van der Waals surface area contributed by atoms with E-state index in [1.165, 1.54) is 6.92 Å². The minimum absolute atomic E-state index is 0.0433. The van der Waals surface area contributed by atoms with Gasteiger partial charge in [0.25, 0.3) is 0 Å². The van der Waals surface area contributed by atoms with Crippen molar-refractivity contribution in [3.8, 4) is 5.75 Å². The molecule has 2 aromatic carbocycles. The van der Waals surface area contributed by atoms with Crippen molar-refractivity contribution in [3.63, 3.8) is 0 Å². The number of nitrogens with one attached hydrogen (secondary N) is 2. The van der Waals surface area contributed by atoms with Crippen LogP contribution in [0, 0.1) is 0 Å². The highest BCUT2D eigenvalue weighted by atomic mass is 16.5. The summed E-state index contributed by atoms with van der Waals surface area (Å²) in [5, 5.41) is 8.53. The summed E-state index contributed by atoms with van der Waals surface area (Å²) >= 11 is 0. The van der Waals surface area contributed by atoms with Crippen LogP contribution in [0.5, 0.6) is 5.75 Å². The number of nitrogens with zero attached hydrogens (tertiary/aromatic N) is 1. The van der Waals surface area contributed by atoms with Crippen LogP contribution in [0.3, 0.4) is 0 Å². The van der Waals surface area contributed by atoms with Gasteiger partial charge in [0.2, 0.25) is 11.8 Å². The minimum atomic E-state index is -0.290. The van der Waals surface area contributed by atoms with E-state index >= 15 is 0 Å². The van der Waals surface area contributed by atoms with Gasteiger partial charge < -0.3 is 14.5 Å². The lowest BCUT2D eigenvalue weighted by Gasteiger charge is -2.10. The predicted octanol–water partition coefficient (Wildman–Crippen LogP) is 3.44. The lowest BCUT2D eigenvalue weighted by molar-refractivity contribution is -0.119. The molecule has 0 unspecified atom stereocenters. The van der Waals surface area contributed by atoms with Crippen molar-refractivity contribution in [2.24, 2.45) is 5.10 Å². The summed E-state index contributed by atoms with van der Waals surface area (Å²) in [6.07, 6.45) is 0.0433. The van der Waals surface area contributed by atoms with Gasteiger partial charge in [0.05, 0.1) is 19.2 Å². The van der Waals surface area contributed by atoms with Crippen LogP contribution in [0.4, 0.5) is 5.69 Å². The summed E-state index contributed by atoms with van der Waals surface area (Å²) in [7, 11) is 1.54. The maximum absolute atomic E-state index is 12.3. The standard InChI is InChI=1S/C19H19N3O4/c1-11(21-22-12(2)23)8-19(24)20-15-10-17-14(9-18(15)25-3)13-6-4-5-7-16(13)26-17/h4-7,9-10H,8H2,1-3H3,(H,20,24)(H,22,23). The van der Waals surface area contributed by atoms with E-state index in [0.717, 1.165) is 16.4 Å². The van der Waals surface area contributed by atoms with Crippen molar-refractivity contribution >= 4 is 45.2 Å². The highest BCUT2D eigenvalue weighted by Crippen LogP contribution is 2.36. The Hall–Kier alpha value is -3.35. The first-order valence-electron chi connectivity index (χ1n) is 8.07. The number of fused-ring (bicyclic) bond motifs is 3. The van der Waals surface area contributed by atoms with Gasteiger partial charge in [-0.1, -0.05) is 18.2 Å². The molecule has 0 bridgehead atoms. The van der Waals surface area contributed by atoms with Crippen LogP contribution in [-0.4, -0.2) is 24.6 Å². The molecule has 1 aromatic heterocycles. The molecule has 2 amide bonds. The zero-order valence-corrected chi connectivity index (χ0v) is 14.8. The monoisotopic (exact) mass is 353 g/mol. The van der Waals surface area contributed by atoms with Gasteiger partial charge in [-0.3, -0.25) is 9.59 Å². The van der Waals surface area contributed by atoms with Crippen LogP contribution < -0.4 is 15.5 Å². The molecule has 3 rings (SSSR count). The molecule has 0 saturated heterocycles. The Morgan fingerprint density at radius 1 is 1.12 bits per heavy atom. The van der Waals surface area contributed by atoms with E-state index < -0.39 is 0 Å². The number of anilines is 1. The number of ether oxygens (including phenoxy) is 1. The molecule has 26 heavy (non-hydrogen) atoms. The van der Waals surface area contributed by atoms with E-state index in [4.69, 9.17) is 9.15 Å². The fraction of sp³-hybridized carbons (Fsp3) is 0.211. The van der Waals surface area contributed by atoms with Gasteiger partial charge in [0, 0.05) is 29.5 Å². The maximum atomic E-state index is 12.3. The maximum Gasteiger partial charge on any atom is 0.236 e. The fourth-order valence-corrected chi connectivity index (χ4v) is 2.66. The van der Waals surface area contributed by atoms with Crippen LogP contribution in [0.1, 0.15) is 20.3 Å². The molecule has 2 N–H and O–H groups in total. The summed E-state index contributed by atoms with van der Waals surface area (Å²) in [6, 6.07) is 11.3. The highest BCUT2D eigenvalue weighted by Gasteiger charge is 2.14. The fourth-order valence-electron chi connectivity index (χ4n) is 2.66. The molecular weight excluding hydrogens is 334 g/mol.